The number of anilines is 2. The SMILES string of the molecule is CN1CCN(CCC(=O)Nc2ccccc2N)CC1=O. The number of amides is 2. The number of carbonyl (C=O) groups is 2. The van der Waals surface area contributed by atoms with Gasteiger partial charge < -0.3 is 16.0 Å². The predicted molar refractivity (Wildman–Crippen MR) is 78.2 cm³/mol. The molecular weight excluding hydrogens is 256 g/mol. The summed E-state index contributed by atoms with van der Waals surface area (Å²) in [6.45, 7) is 2.49. The molecule has 2 rings (SSSR count). The minimum absolute atomic E-state index is 0.0886. The number of carbonyl (C=O) groups excluding carboxylic acids is 2. The lowest BCUT2D eigenvalue weighted by molar-refractivity contribution is -0.134. The molecule has 0 radical (unpaired) electrons. The van der Waals surface area contributed by atoms with Gasteiger partial charge in [-0.05, 0) is 12.1 Å². The highest BCUT2D eigenvalue weighted by Gasteiger charge is 2.21. The first kappa shape index (κ1) is 14.3. The number of nitrogens with zero attached hydrogens (tertiary/aromatic N) is 2. The number of hydrogen-bond acceptors (Lipinski definition) is 4. The van der Waals surface area contributed by atoms with E-state index in [9.17, 15) is 9.59 Å². The Labute approximate surface area is 118 Å². The largest absolute Gasteiger partial charge is 0.397 e. The Kier molecular flexibility index (Phi) is 4.57. The van der Waals surface area contributed by atoms with Crippen molar-refractivity contribution in [2.24, 2.45) is 0 Å². The lowest BCUT2D eigenvalue weighted by atomic mass is 10.2. The zero-order chi connectivity index (χ0) is 14.5. The van der Waals surface area contributed by atoms with Crippen LogP contribution in [0.1, 0.15) is 6.42 Å². The molecular formula is C14H20N4O2. The van der Waals surface area contributed by atoms with Crippen molar-refractivity contribution in [1.29, 1.82) is 0 Å². The summed E-state index contributed by atoms with van der Waals surface area (Å²) in [5.41, 5.74) is 6.95. The number of likely N-dealkylation sites (N-methyl/N-ethyl adjacent to an activating group) is 1. The van der Waals surface area contributed by atoms with Gasteiger partial charge in [0.15, 0.2) is 0 Å². The minimum Gasteiger partial charge on any atom is -0.397 e. The fourth-order valence-electron chi connectivity index (χ4n) is 2.08. The summed E-state index contributed by atoms with van der Waals surface area (Å²) in [7, 11) is 1.80. The number of para-hydroxylation sites is 2. The summed E-state index contributed by atoms with van der Waals surface area (Å²) < 4.78 is 0. The van der Waals surface area contributed by atoms with Crippen molar-refractivity contribution in [3.63, 3.8) is 0 Å². The molecule has 3 N–H and O–H groups in total. The fraction of sp³-hybridized carbons (Fsp3) is 0.429. The van der Waals surface area contributed by atoms with E-state index in [1.165, 1.54) is 0 Å². The third kappa shape index (κ3) is 3.71. The van der Waals surface area contributed by atoms with Crippen LogP contribution in [0.3, 0.4) is 0 Å². The minimum atomic E-state index is -0.0886. The smallest absolute Gasteiger partial charge is 0.236 e. The van der Waals surface area contributed by atoms with Crippen molar-refractivity contribution in [3.05, 3.63) is 24.3 Å². The van der Waals surface area contributed by atoms with Crippen LogP contribution in [-0.2, 0) is 9.59 Å². The van der Waals surface area contributed by atoms with E-state index in [1.54, 1.807) is 24.1 Å². The number of nitrogen functional groups attached to an aromatic ring is 1. The van der Waals surface area contributed by atoms with Crippen molar-refractivity contribution in [3.8, 4) is 0 Å². The fourth-order valence-corrected chi connectivity index (χ4v) is 2.08. The molecule has 0 atom stereocenters. The number of nitrogens with two attached hydrogens (primary N) is 1. The summed E-state index contributed by atoms with van der Waals surface area (Å²) >= 11 is 0. The molecule has 0 bridgehead atoms. The number of benzene rings is 1. The summed E-state index contributed by atoms with van der Waals surface area (Å²) in [5, 5.41) is 2.78. The van der Waals surface area contributed by atoms with Crippen LogP contribution in [0, 0.1) is 0 Å². The van der Waals surface area contributed by atoms with Gasteiger partial charge in [-0.25, -0.2) is 0 Å². The van der Waals surface area contributed by atoms with Crippen molar-refractivity contribution in [1.82, 2.24) is 9.80 Å². The first-order valence-electron chi connectivity index (χ1n) is 6.67. The van der Waals surface area contributed by atoms with E-state index in [0.29, 0.717) is 37.4 Å². The molecule has 0 aliphatic carbocycles. The number of hydrogen-bond donors (Lipinski definition) is 2. The van der Waals surface area contributed by atoms with Crippen LogP contribution in [-0.4, -0.2) is 54.8 Å². The lowest BCUT2D eigenvalue weighted by Crippen LogP contribution is -2.49. The molecule has 1 saturated heterocycles. The van der Waals surface area contributed by atoms with Gasteiger partial charge in [-0.1, -0.05) is 12.1 Å². The Balaban J connectivity index is 1.78. The van der Waals surface area contributed by atoms with E-state index in [-0.39, 0.29) is 11.8 Å². The molecule has 6 nitrogen and oxygen atoms in total. The highest BCUT2D eigenvalue weighted by atomic mass is 16.2. The monoisotopic (exact) mass is 276 g/mol. The Hall–Kier alpha value is -2.08. The molecule has 1 aromatic rings. The topological polar surface area (TPSA) is 78.7 Å². The number of nitrogens with one attached hydrogen (secondary N) is 1. The molecule has 0 saturated carbocycles. The molecule has 1 fully saturated rings. The molecule has 1 aliphatic rings. The van der Waals surface area contributed by atoms with Gasteiger partial charge in [-0.2, -0.15) is 0 Å². The zero-order valence-corrected chi connectivity index (χ0v) is 11.6. The van der Waals surface area contributed by atoms with E-state index in [2.05, 4.69) is 5.32 Å². The first-order chi connectivity index (χ1) is 9.56. The molecule has 1 aliphatic heterocycles. The second-order valence-corrected chi connectivity index (χ2v) is 4.98. The van der Waals surface area contributed by atoms with Gasteiger partial charge in [0.1, 0.15) is 0 Å². The first-order valence-corrected chi connectivity index (χ1v) is 6.67. The van der Waals surface area contributed by atoms with Gasteiger partial charge in [0, 0.05) is 33.1 Å². The Morgan fingerprint density at radius 2 is 2.10 bits per heavy atom. The molecule has 0 unspecified atom stereocenters. The van der Waals surface area contributed by atoms with Gasteiger partial charge in [0.05, 0.1) is 17.9 Å². The molecule has 108 valence electrons. The van der Waals surface area contributed by atoms with Crippen LogP contribution >= 0.6 is 0 Å². The maximum absolute atomic E-state index is 11.9. The average molecular weight is 276 g/mol. The average Bonchev–Trinajstić information content (AvgIpc) is 2.43. The summed E-state index contributed by atoms with van der Waals surface area (Å²) in [5.74, 6) is 0.0123. The molecule has 20 heavy (non-hydrogen) atoms. The van der Waals surface area contributed by atoms with Crippen LogP contribution in [0.4, 0.5) is 11.4 Å². The van der Waals surface area contributed by atoms with E-state index >= 15 is 0 Å². The van der Waals surface area contributed by atoms with Crippen LogP contribution in [0.15, 0.2) is 24.3 Å². The molecule has 1 aromatic carbocycles. The highest BCUT2D eigenvalue weighted by Crippen LogP contribution is 2.16. The van der Waals surface area contributed by atoms with Crippen molar-refractivity contribution in [2.75, 3.05) is 44.3 Å². The van der Waals surface area contributed by atoms with Crippen molar-refractivity contribution < 1.29 is 9.59 Å². The van der Waals surface area contributed by atoms with E-state index in [4.69, 9.17) is 5.73 Å². The predicted octanol–water partition coefficient (Wildman–Crippen LogP) is 0.371. The third-order valence-electron chi connectivity index (χ3n) is 3.43. The van der Waals surface area contributed by atoms with Crippen molar-refractivity contribution >= 4 is 23.2 Å². The summed E-state index contributed by atoms with van der Waals surface area (Å²) in [6.07, 6.45) is 0.353. The van der Waals surface area contributed by atoms with Crippen LogP contribution < -0.4 is 11.1 Å². The highest BCUT2D eigenvalue weighted by molar-refractivity contribution is 5.93. The van der Waals surface area contributed by atoms with E-state index in [0.717, 1.165) is 6.54 Å². The van der Waals surface area contributed by atoms with E-state index < -0.39 is 0 Å². The van der Waals surface area contributed by atoms with Gasteiger partial charge in [0.25, 0.3) is 0 Å². The Morgan fingerprint density at radius 1 is 1.35 bits per heavy atom. The van der Waals surface area contributed by atoms with Crippen LogP contribution in [0.25, 0.3) is 0 Å². The second-order valence-electron chi connectivity index (χ2n) is 4.98. The standard InChI is InChI=1S/C14H20N4O2/c1-17-8-9-18(10-14(17)20)7-6-13(19)16-12-5-3-2-4-11(12)15/h2-5H,6-10,15H2,1H3,(H,16,19). The lowest BCUT2D eigenvalue weighted by Gasteiger charge is -2.31. The van der Waals surface area contributed by atoms with Crippen molar-refractivity contribution in [2.45, 2.75) is 6.42 Å². The van der Waals surface area contributed by atoms with Gasteiger partial charge in [-0.3, -0.25) is 14.5 Å². The van der Waals surface area contributed by atoms with Gasteiger partial charge in [-0.15, -0.1) is 0 Å². The third-order valence-corrected chi connectivity index (χ3v) is 3.43. The van der Waals surface area contributed by atoms with Crippen LogP contribution in [0.2, 0.25) is 0 Å². The maximum atomic E-state index is 11.9. The molecule has 1 heterocycles. The van der Waals surface area contributed by atoms with E-state index in [1.807, 2.05) is 17.0 Å². The molecule has 6 heteroatoms. The Bertz CT molecular complexity index is 504. The second kappa shape index (κ2) is 6.38. The Morgan fingerprint density at radius 3 is 2.80 bits per heavy atom. The zero-order valence-electron chi connectivity index (χ0n) is 11.6. The molecule has 2 amide bonds. The summed E-state index contributed by atoms with van der Waals surface area (Å²) in [4.78, 5) is 27.1. The maximum Gasteiger partial charge on any atom is 0.236 e. The molecule has 0 spiro atoms. The normalized spacial score (nSPS) is 16.2. The van der Waals surface area contributed by atoms with Gasteiger partial charge >= 0.3 is 0 Å². The quantitative estimate of drug-likeness (QED) is 0.779. The van der Waals surface area contributed by atoms with Crippen LogP contribution in [0.5, 0.6) is 0 Å². The number of rotatable bonds is 4. The van der Waals surface area contributed by atoms with Gasteiger partial charge in [0.2, 0.25) is 11.8 Å². The molecule has 0 aromatic heterocycles. The summed E-state index contributed by atoms with van der Waals surface area (Å²) in [6, 6.07) is 7.16. The number of piperazine rings is 1.